The van der Waals surface area contributed by atoms with Gasteiger partial charge in [0, 0.05) is 24.8 Å². The Balaban J connectivity index is 4.06. The molecule has 4 nitrogen and oxygen atoms in total. The number of rotatable bonds is 9. The Hall–Kier alpha value is -0.200. The van der Waals surface area contributed by atoms with E-state index in [1.165, 1.54) is 0 Å². The second-order valence-corrected chi connectivity index (χ2v) is 7.43. The van der Waals surface area contributed by atoms with Gasteiger partial charge < -0.3 is 10.6 Å². The first-order chi connectivity index (χ1) is 7.78. The Kier molecular flexibility index (Phi) is 7.91. The summed E-state index contributed by atoms with van der Waals surface area (Å²) in [5, 5.41) is 0. The van der Waals surface area contributed by atoms with E-state index in [0.717, 1.165) is 13.1 Å². The maximum atomic E-state index is 11.4. The van der Waals surface area contributed by atoms with Crippen LogP contribution in [0.5, 0.6) is 0 Å². The van der Waals surface area contributed by atoms with E-state index >= 15 is 0 Å². The van der Waals surface area contributed by atoms with Gasteiger partial charge in [0.2, 0.25) is 0 Å². The zero-order valence-corrected chi connectivity index (χ0v) is 12.6. The first kappa shape index (κ1) is 16.8. The van der Waals surface area contributed by atoms with Crippen LogP contribution >= 0.6 is 12.2 Å². The predicted octanol–water partition coefficient (Wildman–Crippen LogP) is 1.20. The van der Waals surface area contributed by atoms with Gasteiger partial charge in [0.05, 0.1) is 10.7 Å². The number of sulfone groups is 1. The Morgan fingerprint density at radius 3 is 2.35 bits per heavy atom. The SMILES string of the molecule is CCS(=O)(=O)CCCN(CCC(N)=S)C(C)C. The fraction of sp³-hybridized carbons (Fsp3) is 0.909. The van der Waals surface area contributed by atoms with Gasteiger partial charge >= 0.3 is 0 Å². The van der Waals surface area contributed by atoms with Gasteiger partial charge in [-0.1, -0.05) is 19.1 Å². The van der Waals surface area contributed by atoms with Crippen LogP contribution in [0.15, 0.2) is 0 Å². The highest BCUT2D eigenvalue weighted by Gasteiger charge is 2.12. The first-order valence-corrected chi connectivity index (χ1v) is 8.24. The fourth-order valence-electron chi connectivity index (χ4n) is 1.51. The van der Waals surface area contributed by atoms with Crippen LogP contribution < -0.4 is 5.73 Å². The minimum atomic E-state index is -2.85. The van der Waals surface area contributed by atoms with Gasteiger partial charge in [-0.2, -0.15) is 0 Å². The van der Waals surface area contributed by atoms with Crippen LogP contribution in [0.2, 0.25) is 0 Å². The van der Waals surface area contributed by atoms with E-state index in [1.54, 1.807) is 6.92 Å². The van der Waals surface area contributed by atoms with Crippen molar-refractivity contribution in [3.8, 4) is 0 Å². The molecule has 0 saturated heterocycles. The Labute approximate surface area is 110 Å². The summed E-state index contributed by atoms with van der Waals surface area (Å²) in [5.74, 6) is 0.487. The lowest BCUT2D eigenvalue weighted by Gasteiger charge is -2.26. The summed E-state index contributed by atoms with van der Waals surface area (Å²) >= 11 is 4.85. The van der Waals surface area contributed by atoms with E-state index in [2.05, 4.69) is 18.7 Å². The third kappa shape index (κ3) is 8.51. The molecule has 0 aliphatic heterocycles. The molecule has 0 aliphatic rings. The van der Waals surface area contributed by atoms with Crippen LogP contribution in [0.3, 0.4) is 0 Å². The fourth-order valence-corrected chi connectivity index (χ4v) is 2.46. The summed E-state index contributed by atoms with van der Waals surface area (Å²) in [4.78, 5) is 2.72. The van der Waals surface area contributed by atoms with Crippen LogP contribution in [0.4, 0.5) is 0 Å². The maximum Gasteiger partial charge on any atom is 0.150 e. The highest BCUT2D eigenvalue weighted by atomic mass is 32.2. The quantitative estimate of drug-likeness (QED) is 0.643. The summed E-state index contributed by atoms with van der Waals surface area (Å²) < 4.78 is 22.7. The summed E-state index contributed by atoms with van der Waals surface area (Å²) in [7, 11) is -2.85. The molecule has 0 aromatic heterocycles. The largest absolute Gasteiger partial charge is 0.393 e. The molecule has 0 aromatic rings. The van der Waals surface area contributed by atoms with E-state index in [-0.39, 0.29) is 11.5 Å². The third-order valence-corrected chi connectivity index (χ3v) is 4.71. The van der Waals surface area contributed by atoms with Gasteiger partial charge in [-0.05, 0) is 26.8 Å². The molecule has 0 radical (unpaired) electrons. The number of nitrogens with zero attached hydrogens (tertiary/aromatic N) is 1. The second-order valence-electron chi connectivity index (χ2n) is 4.44. The molecular weight excluding hydrogens is 256 g/mol. The Morgan fingerprint density at radius 1 is 1.35 bits per heavy atom. The van der Waals surface area contributed by atoms with E-state index < -0.39 is 9.84 Å². The number of thiocarbonyl (C=S) groups is 1. The molecule has 0 spiro atoms. The summed E-state index contributed by atoms with van der Waals surface area (Å²) in [6.45, 7) is 7.45. The van der Waals surface area contributed by atoms with Crippen molar-refractivity contribution in [1.82, 2.24) is 4.90 Å². The average molecular weight is 280 g/mol. The van der Waals surface area contributed by atoms with Gasteiger partial charge in [0.25, 0.3) is 0 Å². The van der Waals surface area contributed by atoms with E-state index in [4.69, 9.17) is 18.0 Å². The number of hydrogen-bond donors (Lipinski definition) is 1. The lowest BCUT2D eigenvalue weighted by atomic mass is 10.2. The standard InChI is InChI=1S/C11H24N2O2S2/c1-4-17(14,15)9-5-7-13(10(2)3)8-6-11(12)16/h10H,4-9H2,1-3H3,(H2,12,16). The van der Waals surface area contributed by atoms with Crippen molar-refractivity contribution in [2.45, 2.75) is 39.7 Å². The molecule has 0 aliphatic carbocycles. The van der Waals surface area contributed by atoms with Crippen molar-refractivity contribution in [1.29, 1.82) is 0 Å². The maximum absolute atomic E-state index is 11.4. The lowest BCUT2D eigenvalue weighted by molar-refractivity contribution is 0.229. The van der Waals surface area contributed by atoms with E-state index in [1.807, 2.05) is 0 Å². The molecular formula is C11H24N2O2S2. The van der Waals surface area contributed by atoms with Crippen molar-refractivity contribution in [3.63, 3.8) is 0 Å². The molecule has 2 N–H and O–H groups in total. The topological polar surface area (TPSA) is 63.4 Å². The van der Waals surface area contributed by atoms with Crippen molar-refractivity contribution in [2.24, 2.45) is 5.73 Å². The normalized spacial score (nSPS) is 12.3. The minimum Gasteiger partial charge on any atom is -0.393 e. The van der Waals surface area contributed by atoms with Gasteiger partial charge in [-0.3, -0.25) is 0 Å². The molecule has 0 unspecified atom stereocenters. The molecule has 0 fully saturated rings. The molecule has 0 rings (SSSR count). The molecule has 0 bridgehead atoms. The lowest BCUT2D eigenvalue weighted by Crippen LogP contribution is -2.35. The van der Waals surface area contributed by atoms with Crippen LogP contribution in [0, 0.1) is 0 Å². The van der Waals surface area contributed by atoms with Crippen molar-refractivity contribution >= 4 is 27.0 Å². The van der Waals surface area contributed by atoms with E-state index in [9.17, 15) is 8.42 Å². The van der Waals surface area contributed by atoms with Crippen LogP contribution in [0.1, 0.15) is 33.6 Å². The van der Waals surface area contributed by atoms with Crippen molar-refractivity contribution in [3.05, 3.63) is 0 Å². The molecule has 0 heterocycles. The van der Waals surface area contributed by atoms with Gasteiger partial charge in [-0.25, -0.2) is 8.42 Å². The minimum absolute atomic E-state index is 0.224. The summed E-state index contributed by atoms with van der Waals surface area (Å²) in [6, 6.07) is 0.383. The predicted molar refractivity (Wildman–Crippen MR) is 77.1 cm³/mol. The van der Waals surface area contributed by atoms with E-state index in [0.29, 0.717) is 23.9 Å². The summed E-state index contributed by atoms with van der Waals surface area (Å²) in [6.07, 6.45) is 1.36. The zero-order valence-electron chi connectivity index (χ0n) is 11.0. The third-order valence-electron chi connectivity index (χ3n) is 2.72. The molecule has 17 heavy (non-hydrogen) atoms. The average Bonchev–Trinajstić information content (AvgIpc) is 2.22. The number of nitrogens with two attached hydrogens (primary N) is 1. The van der Waals surface area contributed by atoms with Crippen LogP contribution in [-0.2, 0) is 9.84 Å². The molecule has 0 saturated carbocycles. The molecule has 0 aromatic carbocycles. The van der Waals surface area contributed by atoms with Crippen molar-refractivity contribution < 1.29 is 8.42 Å². The molecule has 6 heteroatoms. The number of hydrogen-bond acceptors (Lipinski definition) is 4. The first-order valence-electron chi connectivity index (χ1n) is 6.01. The van der Waals surface area contributed by atoms with Crippen LogP contribution in [0.25, 0.3) is 0 Å². The van der Waals surface area contributed by atoms with Gasteiger partial charge in [-0.15, -0.1) is 0 Å². The molecule has 0 atom stereocenters. The van der Waals surface area contributed by atoms with Crippen molar-refractivity contribution in [2.75, 3.05) is 24.6 Å². The Morgan fingerprint density at radius 2 is 1.94 bits per heavy atom. The second kappa shape index (κ2) is 8.00. The monoisotopic (exact) mass is 280 g/mol. The highest BCUT2D eigenvalue weighted by Crippen LogP contribution is 2.03. The van der Waals surface area contributed by atoms with Gasteiger partial charge in [0.1, 0.15) is 9.84 Å². The highest BCUT2D eigenvalue weighted by molar-refractivity contribution is 7.91. The molecule has 0 amide bonds. The smallest absolute Gasteiger partial charge is 0.150 e. The summed E-state index contributed by atoms with van der Waals surface area (Å²) in [5.41, 5.74) is 5.47. The zero-order chi connectivity index (χ0) is 13.5. The Bertz CT molecular complexity index is 326. The van der Waals surface area contributed by atoms with Gasteiger partial charge in [0.15, 0.2) is 0 Å². The van der Waals surface area contributed by atoms with Crippen LogP contribution in [-0.4, -0.2) is 48.9 Å². The molecule has 102 valence electrons.